The number of nitrogens with zero attached hydrogens (tertiary/aromatic N) is 3. The summed E-state index contributed by atoms with van der Waals surface area (Å²) in [6, 6.07) is 11.1. The van der Waals surface area contributed by atoms with Gasteiger partial charge < -0.3 is 9.47 Å². The van der Waals surface area contributed by atoms with Gasteiger partial charge in [-0.05, 0) is 42.9 Å². The molecule has 0 radical (unpaired) electrons. The molecule has 0 amide bonds. The van der Waals surface area contributed by atoms with Gasteiger partial charge in [0.2, 0.25) is 0 Å². The van der Waals surface area contributed by atoms with Crippen LogP contribution in [0.3, 0.4) is 0 Å². The number of rotatable bonds is 2. The van der Waals surface area contributed by atoms with Crippen molar-refractivity contribution < 1.29 is 4.39 Å². The lowest BCUT2D eigenvalue weighted by molar-refractivity contribution is 0.310. The fraction of sp³-hybridized carbons (Fsp3) is 0.278. The zero-order chi connectivity index (χ0) is 15.1. The maximum Gasteiger partial charge on any atom is 0.123 e. The van der Waals surface area contributed by atoms with Gasteiger partial charge in [0.1, 0.15) is 5.82 Å². The van der Waals surface area contributed by atoms with Gasteiger partial charge >= 0.3 is 0 Å². The smallest absolute Gasteiger partial charge is 0.123 e. The van der Waals surface area contributed by atoms with Gasteiger partial charge in [-0.2, -0.15) is 0 Å². The third-order valence-electron chi connectivity index (χ3n) is 4.45. The lowest BCUT2D eigenvalue weighted by Gasteiger charge is -2.24. The Balaban J connectivity index is 0.00000104. The predicted molar refractivity (Wildman–Crippen MR) is 99.8 cm³/mol. The van der Waals surface area contributed by atoms with E-state index in [1.54, 1.807) is 12.1 Å². The largest absolute Gasteiger partial charge is 0.338 e. The summed E-state index contributed by atoms with van der Waals surface area (Å²) in [5, 5.41) is 1.04. The summed E-state index contributed by atoms with van der Waals surface area (Å²) in [5.74, 6) is -0.168. The van der Waals surface area contributed by atoms with E-state index in [9.17, 15) is 4.39 Å². The minimum atomic E-state index is -0.168. The summed E-state index contributed by atoms with van der Waals surface area (Å²) in [5.41, 5.74) is 4.72. The van der Waals surface area contributed by atoms with Crippen molar-refractivity contribution in [2.24, 2.45) is 0 Å². The lowest BCUT2D eigenvalue weighted by Crippen LogP contribution is -2.27. The molecule has 128 valence electrons. The first kappa shape index (κ1) is 18.7. The van der Waals surface area contributed by atoms with Crippen LogP contribution in [-0.2, 0) is 19.5 Å². The van der Waals surface area contributed by atoms with E-state index in [1.165, 1.54) is 11.3 Å². The molecule has 0 fully saturated rings. The minimum Gasteiger partial charge on any atom is -0.338 e. The number of hydrogen-bond donors (Lipinski definition) is 0. The highest BCUT2D eigenvalue weighted by Gasteiger charge is 2.22. The molecule has 0 N–H and O–H groups in total. The van der Waals surface area contributed by atoms with Crippen LogP contribution in [0.4, 0.5) is 4.39 Å². The van der Waals surface area contributed by atoms with Gasteiger partial charge in [-0.1, -0.05) is 6.07 Å². The van der Waals surface area contributed by atoms with Crippen molar-refractivity contribution in [2.45, 2.75) is 19.5 Å². The first-order valence-electron chi connectivity index (χ1n) is 7.60. The molecule has 1 aliphatic heterocycles. The van der Waals surface area contributed by atoms with E-state index in [-0.39, 0.29) is 30.6 Å². The molecule has 1 aromatic carbocycles. The summed E-state index contributed by atoms with van der Waals surface area (Å²) < 4.78 is 16.0. The molecule has 0 unspecified atom stereocenters. The number of hydrogen-bond acceptors (Lipinski definition) is 2. The van der Waals surface area contributed by atoms with Crippen molar-refractivity contribution in [2.75, 3.05) is 13.6 Å². The monoisotopic (exact) mass is 367 g/mol. The van der Waals surface area contributed by atoms with E-state index in [1.807, 2.05) is 30.5 Å². The van der Waals surface area contributed by atoms with Crippen LogP contribution in [-0.4, -0.2) is 28.0 Å². The van der Waals surface area contributed by atoms with Crippen molar-refractivity contribution in [3.63, 3.8) is 0 Å². The van der Waals surface area contributed by atoms with Crippen molar-refractivity contribution in [1.29, 1.82) is 0 Å². The molecule has 0 bridgehead atoms. The van der Waals surface area contributed by atoms with E-state index in [0.717, 1.165) is 42.7 Å². The molecular weight excluding hydrogens is 348 g/mol. The van der Waals surface area contributed by atoms with E-state index in [0.29, 0.717) is 0 Å². The number of halogens is 3. The van der Waals surface area contributed by atoms with Crippen LogP contribution in [0.2, 0.25) is 0 Å². The fourth-order valence-electron chi connectivity index (χ4n) is 3.39. The normalized spacial score (nSPS) is 13.9. The Morgan fingerprint density at radius 2 is 2.00 bits per heavy atom. The van der Waals surface area contributed by atoms with Gasteiger partial charge in [-0.25, -0.2) is 4.39 Å². The maximum absolute atomic E-state index is 13.7. The highest BCUT2D eigenvalue weighted by atomic mass is 35.5. The summed E-state index contributed by atoms with van der Waals surface area (Å²) in [6.07, 6.45) is 2.82. The predicted octanol–water partition coefficient (Wildman–Crippen LogP) is 4.06. The third kappa shape index (κ3) is 3.27. The van der Waals surface area contributed by atoms with Crippen molar-refractivity contribution in [3.8, 4) is 0 Å². The van der Waals surface area contributed by atoms with Crippen molar-refractivity contribution in [1.82, 2.24) is 14.5 Å². The van der Waals surface area contributed by atoms with E-state index in [4.69, 9.17) is 0 Å². The standard InChI is InChI=1S/C18H18FN3.2ClH/c1-21-9-7-18-16(12-21)15-10-13(19)5-6-17(15)22(18)11-14-4-2-3-8-20-14;;/h2-6,8,10H,7,9,11-12H2,1H3;2*1H. The van der Waals surface area contributed by atoms with Crippen LogP contribution >= 0.6 is 24.8 Å². The second-order valence-corrected chi connectivity index (χ2v) is 5.98. The van der Waals surface area contributed by atoms with Gasteiger partial charge in [-0.3, -0.25) is 4.98 Å². The first-order valence-corrected chi connectivity index (χ1v) is 7.60. The molecule has 0 spiro atoms. The highest BCUT2D eigenvalue weighted by molar-refractivity contribution is 5.86. The molecule has 6 heteroatoms. The van der Waals surface area contributed by atoms with Gasteiger partial charge in [0.25, 0.3) is 0 Å². The Labute approximate surface area is 153 Å². The van der Waals surface area contributed by atoms with Crippen molar-refractivity contribution >= 4 is 35.7 Å². The molecule has 0 saturated carbocycles. The minimum absolute atomic E-state index is 0. The quantitative estimate of drug-likeness (QED) is 0.680. The summed E-state index contributed by atoms with van der Waals surface area (Å²) in [7, 11) is 2.12. The molecular formula is C18H20Cl2FN3. The Kier molecular flexibility index (Phi) is 5.86. The van der Waals surface area contributed by atoms with Crippen LogP contribution in [0.1, 0.15) is 17.0 Å². The van der Waals surface area contributed by atoms with Crippen LogP contribution < -0.4 is 0 Å². The molecule has 0 aliphatic carbocycles. The lowest BCUT2D eigenvalue weighted by atomic mass is 10.0. The number of benzene rings is 1. The third-order valence-corrected chi connectivity index (χ3v) is 4.45. The highest BCUT2D eigenvalue weighted by Crippen LogP contribution is 2.31. The SMILES string of the molecule is CN1CCc2c(c3cc(F)ccc3n2Cc2ccccn2)C1.Cl.Cl. The summed E-state index contributed by atoms with van der Waals surface area (Å²) >= 11 is 0. The molecule has 0 atom stereocenters. The van der Waals surface area contributed by atoms with Gasteiger partial charge in [0.15, 0.2) is 0 Å². The Hall–Kier alpha value is -1.62. The van der Waals surface area contributed by atoms with E-state index in [2.05, 4.69) is 21.5 Å². The van der Waals surface area contributed by atoms with E-state index < -0.39 is 0 Å². The number of likely N-dealkylation sites (N-methyl/N-ethyl adjacent to an activating group) is 1. The maximum atomic E-state index is 13.7. The summed E-state index contributed by atoms with van der Waals surface area (Å²) in [6.45, 7) is 2.65. The molecule has 0 saturated heterocycles. The molecule has 2 aromatic heterocycles. The summed E-state index contributed by atoms with van der Waals surface area (Å²) in [4.78, 5) is 6.73. The molecule has 3 nitrogen and oxygen atoms in total. The fourth-order valence-corrected chi connectivity index (χ4v) is 3.39. The van der Waals surface area contributed by atoms with Crippen LogP contribution in [0.15, 0.2) is 42.6 Å². The molecule has 3 aromatic rings. The van der Waals surface area contributed by atoms with Crippen LogP contribution in [0.25, 0.3) is 10.9 Å². The average Bonchev–Trinajstić information content (AvgIpc) is 2.81. The second-order valence-electron chi connectivity index (χ2n) is 5.98. The van der Waals surface area contributed by atoms with Crippen molar-refractivity contribution in [3.05, 3.63) is 65.4 Å². The van der Waals surface area contributed by atoms with E-state index >= 15 is 0 Å². The molecule has 4 rings (SSSR count). The van der Waals surface area contributed by atoms with Gasteiger partial charge in [0, 0.05) is 42.3 Å². The molecule has 3 heterocycles. The van der Waals surface area contributed by atoms with Gasteiger partial charge in [0.05, 0.1) is 12.2 Å². The number of fused-ring (bicyclic) bond motifs is 3. The van der Waals surface area contributed by atoms with Crippen LogP contribution in [0.5, 0.6) is 0 Å². The second kappa shape index (κ2) is 7.51. The number of pyridine rings is 1. The Morgan fingerprint density at radius 3 is 2.75 bits per heavy atom. The topological polar surface area (TPSA) is 21.1 Å². The first-order chi connectivity index (χ1) is 10.7. The Bertz CT molecular complexity index is 833. The number of aromatic nitrogens is 2. The zero-order valence-electron chi connectivity index (χ0n) is 13.4. The zero-order valence-corrected chi connectivity index (χ0v) is 15.0. The Morgan fingerprint density at radius 1 is 1.17 bits per heavy atom. The average molecular weight is 368 g/mol. The molecule has 1 aliphatic rings. The van der Waals surface area contributed by atoms with Gasteiger partial charge in [-0.15, -0.1) is 24.8 Å². The molecule has 24 heavy (non-hydrogen) atoms. The van der Waals surface area contributed by atoms with Crippen LogP contribution in [0, 0.1) is 5.82 Å².